The molecule has 14 amide bonds. The number of nitrogens with two attached hydrogens (primary N) is 2. The van der Waals surface area contributed by atoms with Crippen LogP contribution in [0.4, 0.5) is 0 Å². The van der Waals surface area contributed by atoms with Gasteiger partial charge in [-0.05, 0) is 119 Å². The fourth-order valence-corrected chi connectivity index (χ4v) is 12.8. The number of H-pyrrole nitrogens is 1. The number of aliphatic hydroxyl groups is 2. The molecule has 119 heavy (non-hydrogen) atoms. The van der Waals surface area contributed by atoms with Gasteiger partial charge in [0.1, 0.15) is 90.3 Å². The van der Waals surface area contributed by atoms with E-state index >= 15 is 0 Å². The second kappa shape index (κ2) is 52.2. The molecule has 45 heteroatoms. The number of hydrogen-bond acceptors (Lipinski definition) is 26. The third-order valence-corrected chi connectivity index (χ3v) is 20.1. The maximum absolute atomic E-state index is 14.6. The molecule has 1 aromatic heterocycles. The number of likely N-dealkylation sites (tertiary alicyclic amines) is 1. The van der Waals surface area contributed by atoms with E-state index in [9.17, 15) is 122 Å². The Kier molecular flexibility index (Phi) is 44.9. The topological polar surface area (TPSA) is 689 Å². The number of aromatic amines is 1. The average Bonchev–Trinajstić information content (AvgIpc) is 1.73. The van der Waals surface area contributed by atoms with E-state index in [1.165, 1.54) is 55.5 Å². The second-order valence-corrected chi connectivity index (χ2v) is 30.8. The minimum absolute atomic E-state index is 0.00640. The molecule has 1 fully saturated rings. The number of amides is 14. The molecule has 3 rings (SSSR count). The first-order valence-electron chi connectivity index (χ1n) is 38.8. The Morgan fingerprint density at radius 2 is 1.08 bits per heavy atom. The number of thiol groups is 1. The summed E-state index contributed by atoms with van der Waals surface area (Å²) >= 11 is 5.39. The van der Waals surface area contributed by atoms with Crippen LogP contribution in [0, 0.1) is 17.8 Å². The molecule has 664 valence electrons. The highest BCUT2D eigenvalue weighted by Crippen LogP contribution is 2.22. The number of nitrogens with one attached hydrogen (secondary N) is 14. The highest BCUT2D eigenvalue weighted by Gasteiger charge is 2.43. The van der Waals surface area contributed by atoms with Crippen molar-refractivity contribution >= 4 is 131 Å². The van der Waals surface area contributed by atoms with Gasteiger partial charge < -0.3 is 126 Å². The van der Waals surface area contributed by atoms with Crippen LogP contribution in [-0.2, 0) is 99.1 Å². The summed E-state index contributed by atoms with van der Waals surface area (Å²) in [6.07, 6.45) is -1.32. The molecular weight excluding hydrogens is 1610 g/mol. The lowest BCUT2D eigenvalue weighted by Gasteiger charge is -2.31. The Bertz CT molecular complexity index is 3790. The van der Waals surface area contributed by atoms with Crippen LogP contribution in [0.15, 0.2) is 36.8 Å². The van der Waals surface area contributed by atoms with Crippen molar-refractivity contribution in [2.45, 2.75) is 235 Å². The summed E-state index contributed by atoms with van der Waals surface area (Å²) in [5.74, 6) is -22.4. The molecule has 2 heterocycles. The normalized spacial score (nSPS) is 16.3. The zero-order valence-corrected chi connectivity index (χ0v) is 69.3. The molecule has 1 aromatic carbocycles. The summed E-state index contributed by atoms with van der Waals surface area (Å²) in [6, 6.07) is -16.9. The number of aromatic hydroxyl groups is 1. The zero-order chi connectivity index (χ0) is 89.5. The van der Waals surface area contributed by atoms with Gasteiger partial charge in [0.2, 0.25) is 82.7 Å². The van der Waals surface area contributed by atoms with Crippen LogP contribution >= 0.6 is 24.4 Å². The molecule has 1 aliphatic heterocycles. The molecule has 0 bridgehead atoms. The lowest BCUT2D eigenvalue weighted by atomic mass is 9.97. The number of nitrogens with zero attached hydrogens (tertiary/aromatic N) is 2. The highest BCUT2D eigenvalue weighted by atomic mass is 32.2. The predicted octanol–water partition coefficient (Wildman–Crippen LogP) is -5.63. The fraction of sp³-hybridized carbons (Fsp3) is 0.635. The number of aromatic nitrogens is 2. The van der Waals surface area contributed by atoms with Gasteiger partial charge in [-0.3, -0.25) is 81.5 Å². The largest absolute Gasteiger partial charge is 0.508 e. The monoisotopic (exact) mass is 1720 g/mol. The van der Waals surface area contributed by atoms with Gasteiger partial charge in [-0.1, -0.05) is 60.1 Å². The molecule has 0 saturated carbocycles. The van der Waals surface area contributed by atoms with E-state index < -0.39 is 272 Å². The maximum Gasteiger partial charge on any atom is 0.326 e. The second-order valence-electron chi connectivity index (χ2n) is 29.4. The third-order valence-electron chi connectivity index (χ3n) is 19.1. The number of carboxylic acids is 4. The fourth-order valence-electron chi connectivity index (χ4n) is 12.1. The standard InChI is InChI=1S/C74H116N18O25S2/c1-9-38(6)60(91-70(112)58(76)39(7)94)71(113)78-32-54(96)90-59(37(4)5)72(114)86-48(28-40-15-17-42(95)18-16-40)65(107)80-43(13-10-11-24-75)61(103)88-51(33-93)67(109)85-49(29-41-31-77-35-79-41)66(108)84-47(27-36(2)3)64(106)87-50(30-57(101)102)73(115)92-25-12-14-53(92)69(111)82-45(20-22-56(99)100)62(104)81-44(19-21-55(97)98)63(105)89-52(34-118)68(110)83-46(74(116)117)23-26-119-8/h15-18,31,35-39,43-53,58-60,93-95,118H,9-14,19-30,32-34,75-76H2,1-8H3,(H,77,79)(H,78,113)(H,80,107)(H,81,104)(H,82,111)(H,83,110)(H,84,108)(H,85,109)(H,86,114)(H,87,106)(H,88,103)(H,89,105)(H,90,96)(H,91,112)(H,97,98)(H,99,100)(H,101,102)(H,116,117)/t38-,39+,43-,44-,45-,46-,47-,48-,49-,50-,51-,52-,53-,58-,59-,60-/m0/s1. The van der Waals surface area contributed by atoms with Gasteiger partial charge in [0.25, 0.3) is 0 Å². The summed E-state index contributed by atoms with van der Waals surface area (Å²) < 4.78 is 0. The molecule has 0 aliphatic carbocycles. The van der Waals surface area contributed by atoms with Crippen LogP contribution in [0.2, 0.25) is 0 Å². The smallest absolute Gasteiger partial charge is 0.326 e. The number of thioether (sulfide) groups is 1. The quantitative estimate of drug-likeness (QED) is 0.0217. The van der Waals surface area contributed by atoms with Gasteiger partial charge in [0, 0.05) is 44.2 Å². The molecule has 0 radical (unpaired) electrons. The number of rotatable bonds is 55. The number of unbranched alkanes of at least 4 members (excludes halogenated alkanes) is 1. The molecule has 0 unspecified atom stereocenters. The van der Waals surface area contributed by atoms with Crippen LogP contribution in [0.25, 0.3) is 0 Å². The number of carbonyl (C=O) groups is 18. The minimum Gasteiger partial charge on any atom is -0.508 e. The Morgan fingerprint density at radius 1 is 0.580 bits per heavy atom. The van der Waals surface area contributed by atoms with E-state index in [1.807, 2.05) is 0 Å². The number of hydrogen-bond donors (Lipinski definition) is 24. The first-order chi connectivity index (χ1) is 56.1. The molecule has 2 aromatic rings. The van der Waals surface area contributed by atoms with Gasteiger partial charge in [-0.25, -0.2) is 9.78 Å². The summed E-state index contributed by atoms with van der Waals surface area (Å²) in [5.41, 5.74) is 12.1. The van der Waals surface area contributed by atoms with Gasteiger partial charge in [0.15, 0.2) is 0 Å². The number of aliphatic carboxylic acids is 4. The third kappa shape index (κ3) is 35.8. The van der Waals surface area contributed by atoms with Crippen molar-refractivity contribution in [3.05, 3.63) is 48.0 Å². The van der Waals surface area contributed by atoms with Crippen LogP contribution in [0.1, 0.15) is 143 Å². The van der Waals surface area contributed by atoms with Crippen molar-refractivity contribution < 1.29 is 122 Å². The van der Waals surface area contributed by atoms with Crippen molar-refractivity contribution in [1.82, 2.24) is 84.0 Å². The maximum atomic E-state index is 14.6. The molecule has 1 saturated heterocycles. The van der Waals surface area contributed by atoms with Crippen LogP contribution in [-0.4, -0.2) is 292 Å². The number of carboxylic acid groups (broad SMARTS) is 4. The summed E-state index contributed by atoms with van der Waals surface area (Å²) in [4.78, 5) is 252. The summed E-state index contributed by atoms with van der Waals surface area (Å²) in [7, 11) is 0. The molecular formula is C74H116N18O25S2. The molecule has 25 N–H and O–H groups in total. The number of phenolic OH excluding ortho intramolecular Hbond substituents is 1. The predicted molar refractivity (Wildman–Crippen MR) is 429 cm³/mol. The number of aliphatic hydroxyl groups excluding tert-OH is 2. The highest BCUT2D eigenvalue weighted by molar-refractivity contribution is 7.98. The van der Waals surface area contributed by atoms with Crippen LogP contribution in [0.5, 0.6) is 5.75 Å². The van der Waals surface area contributed by atoms with E-state index in [0.29, 0.717) is 24.2 Å². The van der Waals surface area contributed by atoms with Gasteiger partial charge in [0.05, 0.1) is 37.7 Å². The van der Waals surface area contributed by atoms with Crippen LogP contribution < -0.4 is 80.6 Å². The number of carbonyl (C=O) groups excluding carboxylic acids is 14. The molecule has 1 aliphatic rings. The minimum atomic E-state index is -2.00. The number of phenols is 1. The lowest BCUT2D eigenvalue weighted by Crippen LogP contribution is -2.61. The van der Waals surface area contributed by atoms with E-state index in [2.05, 4.69) is 91.7 Å². The first-order valence-corrected chi connectivity index (χ1v) is 40.8. The van der Waals surface area contributed by atoms with Crippen molar-refractivity contribution in [1.29, 1.82) is 0 Å². The number of imidazole rings is 1. The van der Waals surface area contributed by atoms with Crippen LogP contribution in [0.3, 0.4) is 0 Å². The molecule has 43 nitrogen and oxygen atoms in total. The number of benzene rings is 1. The van der Waals surface area contributed by atoms with Crippen molar-refractivity contribution in [3.8, 4) is 5.75 Å². The Hall–Kier alpha value is -10.8. The Labute approximate surface area is 696 Å². The van der Waals surface area contributed by atoms with Crippen molar-refractivity contribution in [2.75, 3.05) is 44.0 Å². The van der Waals surface area contributed by atoms with E-state index in [-0.39, 0.29) is 69.5 Å². The SMILES string of the molecule is CC[C@H](C)[C@H](NC(=O)[C@@H](N)[C@@H](C)O)C(=O)NCC(=O)N[C@H](C(=O)N[C@@H](Cc1ccc(O)cc1)C(=O)N[C@@H](CCCCN)C(=O)N[C@@H](CO)C(=O)N[C@@H](Cc1c[nH]cn1)C(=O)N[C@@H](CC(C)C)C(=O)N[C@@H](CC(=O)O)C(=O)N1CCC[C@H]1C(=O)N[C@@H](CCC(=O)O)C(=O)N[C@@H](CCC(=O)O)C(=O)N[C@@H](CS)C(=O)N[C@@H](CCSC)C(=O)O)C(C)C. The molecule has 16 atom stereocenters. The lowest BCUT2D eigenvalue weighted by molar-refractivity contribution is -0.146. The molecule has 0 spiro atoms. The van der Waals surface area contributed by atoms with Gasteiger partial charge in [-0.2, -0.15) is 24.4 Å². The average molecular weight is 1720 g/mol. The van der Waals surface area contributed by atoms with Crippen molar-refractivity contribution in [2.24, 2.45) is 29.2 Å². The Balaban J connectivity index is 1.92. The summed E-state index contributed by atoms with van der Waals surface area (Å²) in [5, 5.41) is 101. The summed E-state index contributed by atoms with van der Waals surface area (Å²) in [6.45, 7) is 9.13. The zero-order valence-electron chi connectivity index (χ0n) is 67.6. The van der Waals surface area contributed by atoms with Crippen molar-refractivity contribution in [3.63, 3.8) is 0 Å². The van der Waals surface area contributed by atoms with E-state index in [1.54, 1.807) is 47.8 Å². The Morgan fingerprint density at radius 3 is 1.60 bits per heavy atom. The first kappa shape index (κ1) is 102. The van der Waals surface area contributed by atoms with E-state index in [0.717, 1.165) is 4.90 Å². The van der Waals surface area contributed by atoms with E-state index in [4.69, 9.17) is 11.5 Å². The van der Waals surface area contributed by atoms with Gasteiger partial charge in [-0.15, -0.1) is 0 Å². The van der Waals surface area contributed by atoms with Gasteiger partial charge >= 0.3 is 23.9 Å².